The van der Waals surface area contributed by atoms with E-state index in [0.29, 0.717) is 17.1 Å². The molecule has 1 heterocycles. The molecular weight excluding hydrogens is 324 g/mol. The molecule has 7 heteroatoms. The Balaban J connectivity index is 1.76. The van der Waals surface area contributed by atoms with Crippen LogP contribution in [0.15, 0.2) is 47.1 Å². The van der Waals surface area contributed by atoms with Gasteiger partial charge in [0, 0.05) is 0 Å². The van der Waals surface area contributed by atoms with Gasteiger partial charge in [-0.3, -0.25) is 4.79 Å². The SMILES string of the molecule is C[C@H](Oc1ccc(C#N)cc1)C(=O)OCC(=O)N[C@H](C)c1ccco1. The first-order chi connectivity index (χ1) is 12.0. The Morgan fingerprint density at radius 3 is 2.56 bits per heavy atom. The second-order valence-corrected chi connectivity index (χ2v) is 5.31. The van der Waals surface area contributed by atoms with Gasteiger partial charge in [-0.05, 0) is 50.2 Å². The molecule has 2 aromatic rings. The number of amides is 1. The highest BCUT2D eigenvalue weighted by molar-refractivity contribution is 5.82. The fraction of sp³-hybridized carbons (Fsp3) is 0.278. The smallest absolute Gasteiger partial charge is 0.347 e. The minimum atomic E-state index is -0.886. The Morgan fingerprint density at radius 2 is 1.96 bits per heavy atom. The van der Waals surface area contributed by atoms with E-state index in [1.54, 1.807) is 43.3 Å². The highest BCUT2D eigenvalue weighted by Crippen LogP contribution is 2.14. The summed E-state index contributed by atoms with van der Waals surface area (Å²) in [6.45, 7) is 2.87. The van der Waals surface area contributed by atoms with E-state index in [2.05, 4.69) is 5.32 Å². The first-order valence-electron chi connectivity index (χ1n) is 7.66. The Morgan fingerprint density at radius 1 is 1.24 bits per heavy atom. The first kappa shape index (κ1) is 18.1. The second kappa shape index (κ2) is 8.55. The van der Waals surface area contributed by atoms with Gasteiger partial charge in [-0.15, -0.1) is 0 Å². The summed E-state index contributed by atoms with van der Waals surface area (Å²) in [5.41, 5.74) is 0.491. The summed E-state index contributed by atoms with van der Waals surface area (Å²) in [5, 5.41) is 11.4. The van der Waals surface area contributed by atoms with E-state index >= 15 is 0 Å². The lowest BCUT2D eigenvalue weighted by molar-refractivity contribution is -0.154. The molecule has 0 aliphatic carbocycles. The number of benzene rings is 1. The van der Waals surface area contributed by atoms with Crippen molar-refractivity contribution < 1.29 is 23.5 Å². The molecule has 1 aromatic carbocycles. The van der Waals surface area contributed by atoms with Gasteiger partial charge in [0.25, 0.3) is 5.91 Å². The van der Waals surface area contributed by atoms with Gasteiger partial charge in [0.05, 0.1) is 23.9 Å². The van der Waals surface area contributed by atoms with Gasteiger partial charge < -0.3 is 19.2 Å². The Labute approximate surface area is 145 Å². The van der Waals surface area contributed by atoms with E-state index in [9.17, 15) is 9.59 Å². The predicted octanol–water partition coefficient (Wildman–Crippen LogP) is 2.34. The lowest BCUT2D eigenvalue weighted by atomic mass is 10.2. The summed E-state index contributed by atoms with van der Waals surface area (Å²) < 4.78 is 15.5. The highest BCUT2D eigenvalue weighted by Gasteiger charge is 2.19. The highest BCUT2D eigenvalue weighted by atomic mass is 16.6. The monoisotopic (exact) mass is 342 g/mol. The van der Waals surface area contributed by atoms with E-state index < -0.39 is 24.6 Å². The van der Waals surface area contributed by atoms with Crippen molar-refractivity contribution in [3.8, 4) is 11.8 Å². The van der Waals surface area contributed by atoms with Crippen molar-refractivity contribution in [3.63, 3.8) is 0 Å². The van der Waals surface area contributed by atoms with Crippen LogP contribution in [0.1, 0.15) is 31.2 Å². The number of rotatable bonds is 7. The molecule has 1 amide bonds. The average Bonchev–Trinajstić information content (AvgIpc) is 3.15. The standard InChI is InChI=1S/C18H18N2O5/c1-12(16-4-3-9-23-16)20-17(21)11-24-18(22)13(2)25-15-7-5-14(10-19)6-8-15/h3-9,12-13H,11H2,1-2H3,(H,20,21)/t12-,13+/m1/s1. The maximum absolute atomic E-state index is 11.9. The van der Waals surface area contributed by atoms with Crippen LogP contribution in [-0.4, -0.2) is 24.6 Å². The number of nitriles is 1. The number of nitrogens with one attached hydrogen (secondary N) is 1. The summed E-state index contributed by atoms with van der Waals surface area (Å²) in [4.78, 5) is 23.7. The van der Waals surface area contributed by atoms with Gasteiger partial charge in [-0.25, -0.2) is 4.79 Å². The van der Waals surface area contributed by atoms with E-state index in [1.165, 1.54) is 13.2 Å². The van der Waals surface area contributed by atoms with Crippen molar-refractivity contribution in [1.82, 2.24) is 5.32 Å². The average molecular weight is 342 g/mol. The number of ether oxygens (including phenoxy) is 2. The molecule has 0 radical (unpaired) electrons. The number of furan rings is 1. The molecule has 0 saturated carbocycles. The fourth-order valence-corrected chi connectivity index (χ4v) is 2.01. The summed E-state index contributed by atoms with van der Waals surface area (Å²) >= 11 is 0. The number of carbonyl (C=O) groups excluding carboxylic acids is 2. The molecule has 0 bridgehead atoms. The van der Waals surface area contributed by atoms with Crippen LogP contribution in [0.5, 0.6) is 5.75 Å². The number of nitrogens with zero attached hydrogens (tertiary/aromatic N) is 1. The summed E-state index contributed by atoms with van der Waals surface area (Å²) in [7, 11) is 0. The maximum atomic E-state index is 11.9. The van der Waals surface area contributed by atoms with Crippen LogP contribution in [0.4, 0.5) is 0 Å². The quantitative estimate of drug-likeness (QED) is 0.775. The molecule has 0 aliphatic rings. The zero-order chi connectivity index (χ0) is 18.2. The molecule has 1 N–H and O–H groups in total. The molecule has 0 saturated heterocycles. The molecular formula is C18H18N2O5. The summed E-state index contributed by atoms with van der Waals surface area (Å²) in [5.74, 6) is -0.0653. The largest absolute Gasteiger partial charge is 0.479 e. The number of hydrogen-bond acceptors (Lipinski definition) is 6. The van der Waals surface area contributed by atoms with Crippen LogP contribution in [-0.2, 0) is 14.3 Å². The molecule has 0 fully saturated rings. The number of carbonyl (C=O) groups is 2. The third-order valence-corrected chi connectivity index (χ3v) is 3.32. The van der Waals surface area contributed by atoms with E-state index in [4.69, 9.17) is 19.2 Å². The lowest BCUT2D eigenvalue weighted by Gasteiger charge is -2.15. The third kappa shape index (κ3) is 5.39. The molecule has 7 nitrogen and oxygen atoms in total. The Bertz CT molecular complexity index is 747. The topological polar surface area (TPSA) is 102 Å². The third-order valence-electron chi connectivity index (χ3n) is 3.32. The van der Waals surface area contributed by atoms with Crippen LogP contribution in [0, 0.1) is 11.3 Å². The van der Waals surface area contributed by atoms with Crippen LogP contribution in [0.2, 0.25) is 0 Å². The summed E-state index contributed by atoms with van der Waals surface area (Å²) in [6, 6.07) is 11.5. The fourth-order valence-electron chi connectivity index (χ4n) is 2.01. The first-order valence-corrected chi connectivity index (χ1v) is 7.66. The normalized spacial score (nSPS) is 12.5. The zero-order valence-corrected chi connectivity index (χ0v) is 13.9. The molecule has 1 aromatic heterocycles. The molecule has 0 aliphatic heterocycles. The van der Waals surface area contributed by atoms with E-state index in [1.807, 2.05) is 6.07 Å². The maximum Gasteiger partial charge on any atom is 0.347 e. The van der Waals surface area contributed by atoms with Gasteiger partial charge in [-0.1, -0.05) is 0 Å². The predicted molar refractivity (Wildman–Crippen MR) is 87.5 cm³/mol. The van der Waals surface area contributed by atoms with E-state index in [-0.39, 0.29) is 6.04 Å². The Kier molecular flexibility index (Phi) is 6.18. The summed E-state index contributed by atoms with van der Waals surface area (Å²) in [6.07, 6.45) is 0.628. The van der Waals surface area contributed by atoms with Crippen molar-refractivity contribution in [2.24, 2.45) is 0 Å². The van der Waals surface area contributed by atoms with Crippen molar-refractivity contribution in [2.45, 2.75) is 26.0 Å². The lowest BCUT2D eigenvalue weighted by Crippen LogP contribution is -2.34. The van der Waals surface area contributed by atoms with Crippen molar-refractivity contribution in [3.05, 3.63) is 54.0 Å². The molecule has 2 atom stereocenters. The molecule has 0 spiro atoms. The van der Waals surface area contributed by atoms with Gasteiger partial charge in [0.1, 0.15) is 11.5 Å². The van der Waals surface area contributed by atoms with Gasteiger partial charge in [-0.2, -0.15) is 5.26 Å². The van der Waals surface area contributed by atoms with Crippen molar-refractivity contribution in [1.29, 1.82) is 5.26 Å². The van der Waals surface area contributed by atoms with E-state index in [0.717, 1.165) is 0 Å². The Hall–Kier alpha value is -3.27. The minimum absolute atomic E-state index is 0.325. The minimum Gasteiger partial charge on any atom is -0.479 e. The van der Waals surface area contributed by atoms with Crippen LogP contribution >= 0.6 is 0 Å². The van der Waals surface area contributed by atoms with Gasteiger partial charge in [0.15, 0.2) is 12.7 Å². The molecule has 2 rings (SSSR count). The molecule has 0 unspecified atom stereocenters. The molecule has 25 heavy (non-hydrogen) atoms. The van der Waals surface area contributed by atoms with Crippen LogP contribution in [0.3, 0.4) is 0 Å². The second-order valence-electron chi connectivity index (χ2n) is 5.31. The van der Waals surface area contributed by atoms with Crippen LogP contribution < -0.4 is 10.1 Å². The van der Waals surface area contributed by atoms with Crippen molar-refractivity contribution in [2.75, 3.05) is 6.61 Å². The molecule has 130 valence electrons. The number of esters is 1. The van der Waals surface area contributed by atoms with Crippen LogP contribution in [0.25, 0.3) is 0 Å². The van der Waals surface area contributed by atoms with Gasteiger partial charge in [0.2, 0.25) is 0 Å². The van der Waals surface area contributed by atoms with Gasteiger partial charge >= 0.3 is 5.97 Å². The van der Waals surface area contributed by atoms with Crippen molar-refractivity contribution >= 4 is 11.9 Å². The number of hydrogen-bond donors (Lipinski definition) is 1. The zero-order valence-electron chi connectivity index (χ0n) is 13.9.